The molecule has 1 aromatic carbocycles. The predicted octanol–water partition coefficient (Wildman–Crippen LogP) is 3.02. The Morgan fingerprint density at radius 3 is 2.69 bits per heavy atom. The standard InChI is InChI=1S/C19H17F6N3O4/c20-18(21,22)15-8-28-16(32-15)7-13(27-28)17(29)26-12-6-11-5-10(1-2-14(11)30-9-12)3-4-31-19(23,24)25/h1-2,5,7,12,15H,3-4,6,8-9H2,(H,26,29)/t12-,15?/m1/s1. The number of aromatic nitrogens is 2. The molecular formula is C19H17F6N3O4. The first kappa shape index (κ1) is 22.2. The van der Waals surface area contributed by atoms with Crippen molar-refractivity contribution in [2.45, 2.75) is 44.1 Å². The Morgan fingerprint density at radius 2 is 2.00 bits per heavy atom. The van der Waals surface area contributed by atoms with Crippen LogP contribution in [0.5, 0.6) is 11.6 Å². The Balaban J connectivity index is 1.34. The normalized spacial score (nSPS) is 20.2. The fourth-order valence-corrected chi connectivity index (χ4v) is 3.49. The molecule has 0 radical (unpaired) electrons. The molecule has 1 aromatic heterocycles. The van der Waals surface area contributed by atoms with Crippen molar-refractivity contribution in [1.82, 2.24) is 15.1 Å². The molecule has 0 spiro atoms. The molecule has 13 heteroatoms. The van der Waals surface area contributed by atoms with Crippen LogP contribution in [0, 0.1) is 0 Å². The van der Waals surface area contributed by atoms with Gasteiger partial charge in [0.2, 0.25) is 12.0 Å². The van der Waals surface area contributed by atoms with Crippen molar-refractivity contribution in [2.75, 3.05) is 13.2 Å². The Kier molecular flexibility index (Phi) is 5.69. The summed E-state index contributed by atoms with van der Waals surface area (Å²) in [6.45, 7) is -0.909. The minimum absolute atomic E-state index is 0.0446. The fourth-order valence-electron chi connectivity index (χ4n) is 3.49. The molecule has 4 rings (SSSR count). The van der Waals surface area contributed by atoms with Crippen molar-refractivity contribution >= 4 is 5.91 Å². The van der Waals surface area contributed by atoms with Crippen LogP contribution >= 0.6 is 0 Å². The number of fused-ring (bicyclic) bond motifs is 2. The van der Waals surface area contributed by atoms with E-state index in [2.05, 4.69) is 15.2 Å². The summed E-state index contributed by atoms with van der Waals surface area (Å²) in [7, 11) is 0. The number of ether oxygens (including phenoxy) is 3. The highest BCUT2D eigenvalue weighted by Crippen LogP contribution is 2.32. The highest BCUT2D eigenvalue weighted by atomic mass is 19.4. The van der Waals surface area contributed by atoms with Crippen LogP contribution in [0.3, 0.4) is 0 Å². The van der Waals surface area contributed by atoms with Crippen LogP contribution in [-0.4, -0.2) is 53.6 Å². The molecular weight excluding hydrogens is 448 g/mol. The number of carbonyl (C=O) groups excluding carboxylic acids is 1. The van der Waals surface area contributed by atoms with E-state index >= 15 is 0 Å². The van der Waals surface area contributed by atoms with Gasteiger partial charge in [-0.2, -0.15) is 18.3 Å². The maximum absolute atomic E-state index is 12.7. The van der Waals surface area contributed by atoms with Crippen molar-refractivity contribution in [2.24, 2.45) is 0 Å². The van der Waals surface area contributed by atoms with Crippen LogP contribution in [0.15, 0.2) is 24.3 Å². The molecule has 7 nitrogen and oxygen atoms in total. The first-order chi connectivity index (χ1) is 15.0. The number of alkyl halides is 6. The molecule has 0 aliphatic carbocycles. The molecule has 0 fully saturated rings. The van der Waals surface area contributed by atoms with Crippen molar-refractivity contribution in [1.29, 1.82) is 0 Å². The number of nitrogens with zero attached hydrogens (tertiary/aromatic N) is 2. The average molecular weight is 465 g/mol. The molecule has 3 heterocycles. The van der Waals surface area contributed by atoms with Gasteiger partial charge in [-0.05, 0) is 30.0 Å². The Labute approximate surface area is 177 Å². The third kappa shape index (κ3) is 5.09. The summed E-state index contributed by atoms with van der Waals surface area (Å²) < 4.78 is 89.7. The van der Waals surface area contributed by atoms with Crippen molar-refractivity contribution in [3.05, 3.63) is 41.1 Å². The largest absolute Gasteiger partial charge is 0.522 e. The summed E-state index contributed by atoms with van der Waals surface area (Å²) >= 11 is 0. The molecule has 2 atom stereocenters. The second-order valence-electron chi connectivity index (χ2n) is 7.37. The van der Waals surface area contributed by atoms with Gasteiger partial charge < -0.3 is 14.8 Å². The summed E-state index contributed by atoms with van der Waals surface area (Å²) in [6.07, 6.45) is -10.8. The summed E-state index contributed by atoms with van der Waals surface area (Å²) in [4.78, 5) is 12.5. The number of benzene rings is 1. The Hall–Kier alpha value is -2.96. The predicted molar refractivity (Wildman–Crippen MR) is 95.3 cm³/mol. The van der Waals surface area contributed by atoms with Crippen LogP contribution in [0.1, 0.15) is 21.6 Å². The first-order valence-electron chi connectivity index (χ1n) is 9.55. The number of hydrogen-bond donors (Lipinski definition) is 1. The van der Waals surface area contributed by atoms with Gasteiger partial charge in [-0.15, -0.1) is 13.2 Å². The molecule has 174 valence electrons. The van der Waals surface area contributed by atoms with Gasteiger partial charge in [-0.1, -0.05) is 12.1 Å². The molecule has 2 aromatic rings. The van der Waals surface area contributed by atoms with E-state index < -0.39 is 43.7 Å². The monoisotopic (exact) mass is 465 g/mol. The topological polar surface area (TPSA) is 74.6 Å². The van der Waals surface area contributed by atoms with Gasteiger partial charge in [-0.3, -0.25) is 9.53 Å². The number of halogens is 6. The van der Waals surface area contributed by atoms with E-state index in [1.54, 1.807) is 18.2 Å². The van der Waals surface area contributed by atoms with Gasteiger partial charge in [0, 0.05) is 6.07 Å². The molecule has 0 bridgehead atoms. The number of carbonyl (C=O) groups is 1. The minimum Gasteiger partial charge on any atom is -0.491 e. The van der Waals surface area contributed by atoms with E-state index in [0.29, 0.717) is 23.3 Å². The van der Waals surface area contributed by atoms with E-state index in [4.69, 9.17) is 9.47 Å². The van der Waals surface area contributed by atoms with E-state index in [0.717, 1.165) is 10.7 Å². The lowest BCUT2D eigenvalue weighted by Crippen LogP contribution is -2.43. The summed E-state index contributed by atoms with van der Waals surface area (Å²) in [6, 6.07) is 5.64. The lowest BCUT2D eigenvalue weighted by atomic mass is 9.99. The molecule has 0 saturated heterocycles. The van der Waals surface area contributed by atoms with Crippen molar-refractivity contribution < 1.29 is 45.3 Å². The number of rotatable bonds is 5. The van der Waals surface area contributed by atoms with Crippen LogP contribution in [0.2, 0.25) is 0 Å². The lowest BCUT2D eigenvalue weighted by Gasteiger charge is -2.26. The van der Waals surface area contributed by atoms with Crippen LogP contribution < -0.4 is 14.8 Å². The number of nitrogens with one attached hydrogen (secondary N) is 1. The first-order valence-corrected chi connectivity index (χ1v) is 9.55. The van der Waals surface area contributed by atoms with Crippen LogP contribution in [0.4, 0.5) is 26.3 Å². The summed E-state index contributed by atoms with van der Waals surface area (Å²) in [5, 5.41) is 6.56. The molecule has 1 N–H and O–H groups in total. The van der Waals surface area contributed by atoms with E-state index in [1.807, 2.05) is 0 Å². The van der Waals surface area contributed by atoms with E-state index in [1.165, 1.54) is 0 Å². The Bertz CT molecular complexity index is 980. The smallest absolute Gasteiger partial charge is 0.491 e. The second kappa shape index (κ2) is 8.19. The van der Waals surface area contributed by atoms with E-state index in [-0.39, 0.29) is 24.6 Å². The number of amides is 1. The third-order valence-corrected chi connectivity index (χ3v) is 4.97. The van der Waals surface area contributed by atoms with E-state index in [9.17, 15) is 31.1 Å². The zero-order chi connectivity index (χ0) is 23.1. The minimum atomic E-state index is -4.70. The van der Waals surface area contributed by atoms with Gasteiger partial charge in [0.25, 0.3) is 5.91 Å². The maximum atomic E-state index is 12.7. The average Bonchev–Trinajstić information content (AvgIpc) is 3.26. The third-order valence-electron chi connectivity index (χ3n) is 4.97. The number of hydrogen-bond acceptors (Lipinski definition) is 5. The SMILES string of the molecule is O=C(N[C@H]1COc2ccc(CCOC(F)(F)F)cc2C1)c1cc2n(n1)CC(C(F)(F)F)O2. The molecule has 2 aliphatic rings. The lowest BCUT2D eigenvalue weighted by molar-refractivity contribution is -0.324. The van der Waals surface area contributed by atoms with Gasteiger partial charge >= 0.3 is 12.5 Å². The zero-order valence-electron chi connectivity index (χ0n) is 16.3. The van der Waals surface area contributed by atoms with Crippen molar-refractivity contribution in [3.63, 3.8) is 0 Å². The quantitative estimate of drug-likeness (QED) is 0.688. The zero-order valence-corrected chi connectivity index (χ0v) is 16.3. The highest BCUT2D eigenvalue weighted by molar-refractivity contribution is 5.92. The Morgan fingerprint density at radius 1 is 1.22 bits per heavy atom. The van der Waals surface area contributed by atoms with Gasteiger partial charge in [0.1, 0.15) is 12.4 Å². The molecule has 32 heavy (non-hydrogen) atoms. The fraction of sp³-hybridized carbons (Fsp3) is 0.474. The maximum Gasteiger partial charge on any atom is 0.522 e. The van der Waals surface area contributed by atoms with Gasteiger partial charge in [-0.25, -0.2) is 4.68 Å². The van der Waals surface area contributed by atoms with Crippen molar-refractivity contribution in [3.8, 4) is 11.6 Å². The summed E-state index contributed by atoms with van der Waals surface area (Å²) in [5.74, 6) is -0.192. The van der Waals surface area contributed by atoms with Crippen LogP contribution in [0.25, 0.3) is 0 Å². The molecule has 0 saturated carbocycles. The van der Waals surface area contributed by atoms with Gasteiger partial charge in [0.15, 0.2) is 5.69 Å². The second-order valence-corrected chi connectivity index (χ2v) is 7.37. The van der Waals surface area contributed by atoms with Crippen LogP contribution in [-0.2, 0) is 24.1 Å². The molecule has 1 amide bonds. The summed E-state index contributed by atoms with van der Waals surface area (Å²) in [5.41, 5.74) is 1.23. The van der Waals surface area contributed by atoms with Gasteiger partial charge in [0.05, 0.1) is 19.2 Å². The molecule has 2 aliphatic heterocycles. The molecule has 1 unspecified atom stereocenters. The highest BCUT2D eigenvalue weighted by Gasteiger charge is 2.46.